The summed E-state index contributed by atoms with van der Waals surface area (Å²) in [5.74, 6) is -0.191. The highest BCUT2D eigenvalue weighted by Gasteiger charge is 2.30. The SMILES string of the molecule is CCCNC(=O)C(Cc1ccccc1)N(Cc1ccccc1F)C(=O)CCSc1ccc(C)cc1. The predicted octanol–water partition coefficient (Wildman–Crippen LogP) is 5.78. The molecule has 6 heteroatoms. The quantitative estimate of drug-likeness (QED) is 0.326. The van der Waals surface area contributed by atoms with Gasteiger partial charge in [-0.1, -0.05) is 73.2 Å². The van der Waals surface area contributed by atoms with Crippen LogP contribution in [0.15, 0.2) is 83.8 Å². The number of carbonyl (C=O) groups excluding carboxylic acids is 2. The Morgan fingerprint density at radius 3 is 2.34 bits per heavy atom. The minimum Gasteiger partial charge on any atom is -0.354 e. The molecular formula is C29H33FN2O2S. The molecule has 0 spiro atoms. The lowest BCUT2D eigenvalue weighted by molar-refractivity contribution is -0.141. The number of aryl methyl sites for hydroxylation is 1. The largest absolute Gasteiger partial charge is 0.354 e. The van der Waals surface area contributed by atoms with Gasteiger partial charge in [0.2, 0.25) is 11.8 Å². The molecule has 0 fully saturated rings. The van der Waals surface area contributed by atoms with E-state index in [1.807, 2.05) is 68.4 Å². The smallest absolute Gasteiger partial charge is 0.243 e. The first-order valence-electron chi connectivity index (χ1n) is 12.0. The monoisotopic (exact) mass is 492 g/mol. The minimum absolute atomic E-state index is 0.0394. The molecule has 35 heavy (non-hydrogen) atoms. The number of rotatable bonds is 12. The summed E-state index contributed by atoms with van der Waals surface area (Å²) in [6, 6.07) is 23.5. The Bertz CT molecular complexity index is 1090. The Kier molecular flexibility index (Phi) is 10.4. The van der Waals surface area contributed by atoms with Crippen molar-refractivity contribution >= 4 is 23.6 Å². The summed E-state index contributed by atoms with van der Waals surface area (Å²) in [6.07, 6.45) is 1.40. The molecule has 4 nitrogen and oxygen atoms in total. The van der Waals surface area contributed by atoms with Gasteiger partial charge in [-0.15, -0.1) is 11.8 Å². The van der Waals surface area contributed by atoms with Crippen molar-refractivity contribution in [2.75, 3.05) is 12.3 Å². The maximum Gasteiger partial charge on any atom is 0.243 e. The molecule has 184 valence electrons. The molecule has 0 aliphatic heterocycles. The summed E-state index contributed by atoms with van der Waals surface area (Å²) in [4.78, 5) is 29.4. The zero-order valence-corrected chi connectivity index (χ0v) is 21.2. The van der Waals surface area contributed by atoms with Gasteiger partial charge in [-0.3, -0.25) is 9.59 Å². The van der Waals surface area contributed by atoms with Crippen LogP contribution in [0.25, 0.3) is 0 Å². The van der Waals surface area contributed by atoms with Crippen LogP contribution in [0, 0.1) is 12.7 Å². The van der Waals surface area contributed by atoms with E-state index in [0.29, 0.717) is 24.3 Å². The lowest BCUT2D eigenvalue weighted by Crippen LogP contribution is -2.50. The highest BCUT2D eigenvalue weighted by molar-refractivity contribution is 7.99. The highest BCUT2D eigenvalue weighted by atomic mass is 32.2. The second kappa shape index (κ2) is 13.7. The molecule has 0 heterocycles. The molecule has 1 N–H and O–H groups in total. The second-order valence-corrected chi connectivity index (χ2v) is 9.69. The first-order chi connectivity index (χ1) is 17.0. The molecule has 0 aliphatic carbocycles. The topological polar surface area (TPSA) is 49.4 Å². The fourth-order valence-electron chi connectivity index (χ4n) is 3.76. The van der Waals surface area contributed by atoms with Crippen molar-refractivity contribution in [3.63, 3.8) is 0 Å². The van der Waals surface area contributed by atoms with Gasteiger partial charge in [0.1, 0.15) is 11.9 Å². The standard InChI is InChI=1S/C29H33FN2O2S/c1-3-18-31-29(34)27(20-23-9-5-4-6-10-23)32(21-24-11-7-8-12-26(24)30)28(33)17-19-35-25-15-13-22(2)14-16-25/h4-16,27H,3,17-21H2,1-2H3,(H,31,34). The molecule has 1 unspecified atom stereocenters. The van der Waals surface area contributed by atoms with Gasteiger partial charge < -0.3 is 10.2 Å². The average Bonchev–Trinajstić information content (AvgIpc) is 2.87. The fourth-order valence-corrected chi connectivity index (χ4v) is 4.61. The van der Waals surface area contributed by atoms with E-state index in [4.69, 9.17) is 0 Å². The van der Waals surface area contributed by atoms with Crippen LogP contribution in [0.4, 0.5) is 4.39 Å². The Balaban J connectivity index is 1.83. The Morgan fingerprint density at radius 1 is 0.971 bits per heavy atom. The van der Waals surface area contributed by atoms with E-state index in [-0.39, 0.29) is 30.6 Å². The molecule has 0 saturated carbocycles. The van der Waals surface area contributed by atoms with Crippen molar-refractivity contribution in [1.29, 1.82) is 0 Å². The number of hydrogen-bond donors (Lipinski definition) is 1. The van der Waals surface area contributed by atoms with Gasteiger partial charge in [0, 0.05) is 42.1 Å². The lowest BCUT2D eigenvalue weighted by Gasteiger charge is -2.31. The van der Waals surface area contributed by atoms with Gasteiger partial charge in [0.15, 0.2) is 0 Å². The van der Waals surface area contributed by atoms with Crippen molar-refractivity contribution in [2.24, 2.45) is 0 Å². The number of nitrogens with zero attached hydrogens (tertiary/aromatic N) is 1. The van der Waals surface area contributed by atoms with Crippen LogP contribution in [-0.4, -0.2) is 35.1 Å². The number of benzene rings is 3. The first kappa shape index (κ1) is 26.5. The molecule has 1 atom stereocenters. The van der Waals surface area contributed by atoms with Gasteiger partial charge in [-0.2, -0.15) is 0 Å². The molecule has 2 amide bonds. The maximum atomic E-state index is 14.6. The lowest BCUT2D eigenvalue weighted by atomic mass is 10.0. The van der Waals surface area contributed by atoms with Crippen molar-refractivity contribution in [2.45, 2.75) is 50.6 Å². The number of nitrogens with one attached hydrogen (secondary N) is 1. The number of amides is 2. The van der Waals surface area contributed by atoms with Crippen molar-refractivity contribution in [3.8, 4) is 0 Å². The van der Waals surface area contributed by atoms with Crippen LogP contribution < -0.4 is 5.32 Å². The molecule has 0 radical (unpaired) electrons. The molecular weight excluding hydrogens is 459 g/mol. The normalized spacial score (nSPS) is 11.6. The van der Waals surface area contributed by atoms with Gasteiger partial charge in [0.05, 0.1) is 0 Å². The summed E-state index contributed by atoms with van der Waals surface area (Å²) in [7, 11) is 0. The van der Waals surface area contributed by atoms with E-state index in [2.05, 4.69) is 5.32 Å². The average molecular weight is 493 g/mol. The summed E-state index contributed by atoms with van der Waals surface area (Å²) in [5.41, 5.74) is 2.53. The zero-order chi connectivity index (χ0) is 25.0. The third-order valence-electron chi connectivity index (χ3n) is 5.72. The zero-order valence-electron chi connectivity index (χ0n) is 20.4. The van der Waals surface area contributed by atoms with E-state index in [9.17, 15) is 14.0 Å². The molecule has 0 saturated heterocycles. The number of carbonyl (C=O) groups is 2. The van der Waals surface area contributed by atoms with E-state index < -0.39 is 6.04 Å². The summed E-state index contributed by atoms with van der Waals surface area (Å²) in [6.45, 7) is 4.58. The van der Waals surface area contributed by atoms with Crippen LogP contribution >= 0.6 is 11.8 Å². The third kappa shape index (κ3) is 8.25. The Labute approximate surface area is 211 Å². The van der Waals surface area contributed by atoms with Crippen LogP contribution in [0.1, 0.15) is 36.5 Å². The van der Waals surface area contributed by atoms with Crippen LogP contribution in [-0.2, 0) is 22.6 Å². The number of thioether (sulfide) groups is 1. The van der Waals surface area contributed by atoms with Crippen molar-refractivity contribution in [1.82, 2.24) is 10.2 Å². The summed E-state index contributed by atoms with van der Waals surface area (Å²) >= 11 is 1.60. The van der Waals surface area contributed by atoms with E-state index in [0.717, 1.165) is 16.9 Å². The van der Waals surface area contributed by atoms with Gasteiger partial charge in [-0.05, 0) is 37.1 Å². The predicted molar refractivity (Wildman–Crippen MR) is 141 cm³/mol. The molecule has 0 bridgehead atoms. The molecule has 3 aromatic carbocycles. The van der Waals surface area contributed by atoms with Crippen molar-refractivity contribution < 1.29 is 14.0 Å². The Morgan fingerprint density at radius 2 is 1.66 bits per heavy atom. The number of hydrogen-bond acceptors (Lipinski definition) is 3. The fraction of sp³-hybridized carbons (Fsp3) is 0.310. The molecule has 3 aromatic rings. The third-order valence-corrected chi connectivity index (χ3v) is 6.74. The molecule has 3 rings (SSSR count). The summed E-state index contributed by atoms with van der Waals surface area (Å²) in [5, 5.41) is 2.94. The molecule has 0 aliphatic rings. The van der Waals surface area contributed by atoms with Gasteiger partial charge in [0.25, 0.3) is 0 Å². The van der Waals surface area contributed by atoms with Crippen molar-refractivity contribution in [3.05, 3.63) is 101 Å². The maximum absolute atomic E-state index is 14.6. The summed E-state index contributed by atoms with van der Waals surface area (Å²) < 4.78 is 14.6. The van der Waals surface area contributed by atoms with Gasteiger partial charge in [-0.25, -0.2) is 4.39 Å². The highest BCUT2D eigenvalue weighted by Crippen LogP contribution is 2.22. The van der Waals surface area contributed by atoms with E-state index in [1.54, 1.807) is 34.9 Å². The van der Waals surface area contributed by atoms with E-state index >= 15 is 0 Å². The van der Waals surface area contributed by atoms with Crippen LogP contribution in [0.3, 0.4) is 0 Å². The second-order valence-electron chi connectivity index (χ2n) is 8.52. The number of halogens is 1. The first-order valence-corrected chi connectivity index (χ1v) is 13.0. The van der Waals surface area contributed by atoms with Gasteiger partial charge >= 0.3 is 0 Å². The molecule has 0 aromatic heterocycles. The van der Waals surface area contributed by atoms with Crippen LogP contribution in [0.2, 0.25) is 0 Å². The minimum atomic E-state index is -0.736. The van der Waals surface area contributed by atoms with Crippen LogP contribution in [0.5, 0.6) is 0 Å². The van der Waals surface area contributed by atoms with E-state index in [1.165, 1.54) is 11.6 Å². The Hall–Kier alpha value is -3.12.